The molecule has 1 fully saturated rings. The zero-order chi connectivity index (χ0) is 10.7. The van der Waals surface area contributed by atoms with Gasteiger partial charge in [-0.1, -0.05) is 13.8 Å². The van der Waals surface area contributed by atoms with Crippen LogP contribution in [0.15, 0.2) is 0 Å². The summed E-state index contributed by atoms with van der Waals surface area (Å²) >= 11 is 0. The normalized spacial score (nSPS) is 25.6. The Bertz CT molecular complexity index is 206. The predicted octanol–water partition coefficient (Wildman–Crippen LogP) is 0.410. The third kappa shape index (κ3) is 2.45. The summed E-state index contributed by atoms with van der Waals surface area (Å²) in [6, 6.07) is -0.397. The first-order valence-corrected chi connectivity index (χ1v) is 5.14. The first-order valence-electron chi connectivity index (χ1n) is 5.14. The smallest absolute Gasteiger partial charge is 0.321 e. The molecule has 0 saturated carbocycles. The highest BCUT2D eigenvalue weighted by Crippen LogP contribution is 2.21. The average Bonchev–Trinajstić information content (AvgIpc) is 2.51. The standard InChI is InChI=1S/C10H19NO3/c1-7(2)9(10(13)14)11-4-3-8(5-11)6-12/h7-9,12H,3-6H2,1-2H3,(H,13,14). The lowest BCUT2D eigenvalue weighted by Crippen LogP contribution is -2.43. The van der Waals surface area contributed by atoms with E-state index in [2.05, 4.69) is 0 Å². The molecule has 0 aromatic carbocycles. The quantitative estimate of drug-likeness (QED) is 0.691. The van der Waals surface area contributed by atoms with Crippen molar-refractivity contribution in [2.75, 3.05) is 19.7 Å². The topological polar surface area (TPSA) is 60.8 Å². The summed E-state index contributed by atoms with van der Waals surface area (Å²) in [4.78, 5) is 13.0. The second-order valence-corrected chi connectivity index (χ2v) is 4.36. The molecule has 1 heterocycles. The number of aliphatic carboxylic acids is 1. The van der Waals surface area contributed by atoms with Gasteiger partial charge < -0.3 is 10.2 Å². The van der Waals surface area contributed by atoms with Crippen LogP contribution in [-0.4, -0.2) is 46.8 Å². The molecule has 0 aromatic rings. The van der Waals surface area contributed by atoms with Crippen LogP contribution in [-0.2, 0) is 4.79 Å². The van der Waals surface area contributed by atoms with Crippen molar-refractivity contribution in [1.82, 2.24) is 4.90 Å². The Kier molecular flexibility index (Phi) is 3.89. The van der Waals surface area contributed by atoms with Crippen molar-refractivity contribution < 1.29 is 15.0 Å². The van der Waals surface area contributed by atoms with Crippen molar-refractivity contribution >= 4 is 5.97 Å². The van der Waals surface area contributed by atoms with Gasteiger partial charge in [-0.25, -0.2) is 0 Å². The molecule has 2 N–H and O–H groups in total. The van der Waals surface area contributed by atoms with Crippen molar-refractivity contribution in [3.05, 3.63) is 0 Å². The van der Waals surface area contributed by atoms with E-state index in [1.165, 1.54) is 0 Å². The molecular formula is C10H19NO3. The SMILES string of the molecule is CC(C)C(C(=O)O)N1CCC(CO)C1. The van der Waals surface area contributed by atoms with E-state index in [4.69, 9.17) is 10.2 Å². The van der Waals surface area contributed by atoms with Crippen LogP contribution in [0.25, 0.3) is 0 Å². The Morgan fingerprint density at radius 3 is 2.57 bits per heavy atom. The van der Waals surface area contributed by atoms with Crippen LogP contribution in [0.1, 0.15) is 20.3 Å². The van der Waals surface area contributed by atoms with E-state index in [1.54, 1.807) is 0 Å². The Morgan fingerprint density at radius 1 is 1.57 bits per heavy atom. The molecule has 14 heavy (non-hydrogen) atoms. The molecule has 1 saturated heterocycles. The van der Waals surface area contributed by atoms with E-state index in [9.17, 15) is 4.79 Å². The molecule has 0 radical (unpaired) electrons. The highest BCUT2D eigenvalue weighted by Gasteiger charge is 2.33. The van der Waals surface area contributed by atoms with Gasteiger partial charge in [-0.3, -0.25) is 9.69 Å². The van der Waals surface area contributed by atoms with E-state index in [0.29, 0.717) is 6.54 Å². The Morgan fingerprint density at radius 2 is 2.21 bits per heavy atom. The Balaban J connectivity index is 2.58. The summed E-state index contributed by atoms with van der Waals surface area (Å²) in [5.74, 6) is -0.376. The van der Waals surface area contributed by atoms with Crippen LogP contribution in [0.2, 0.25) is 0 Å². The number of rotatable bonds is 4. The maximum absolute atomic E-state index is 11.0. The van der Waals surface area contributed by atoms with E-state index in [0.717, 1.165) is 13.0 Å². The minimum absolute atomic E-state index is 0.116. The lowest BCUT2D eigenvalue weighted by Gasteiger charge is -2.27. The van der Waals surface area contributed by atoms with Crippen molar-refractivity contribution in [3.63, 3.8) is 0 Å². The highest BCUT2D eigenvalue weighted by molar-refractivity contribution is 5.73. The van der Waals surface area contributed by atoms with Gasteiger partial charge in [-0.15, -0.1) is 0 Å². The minimum Gasteiger partial charge on any atom is -0.480 e. The summed E-state index contributed by atoms with van der Waals surface area (Å²) in [7, 11) is 0. The highest BCUT2D eigenvalue weighted by atomic mass is 16.4. The molecule has 4 heteroatoms. The molecule has 0 amide bonds. The number of nitrogens with zero attached hydrogens (tertiary/aromatic N) is 1. The number of carboxylic acid groups (broad SMARTS) is 1. The fourth-order valence-corrected chi connectivity index (χ4v) is 2.13. The van der Waals surface area contributed by atoms with E-state index in [1.807, 2.05) is 18.7 Å². The van der Waals surface area contributed by atoms with Gasteiger partial charge in [0.15, 0.2) is 0 Å². The molecule has 82 valence electrons. The van der Waals surface area contributed by atoms with E-state index >= 15 is 0 Å². The van der Waals surface area contributed by atoms with Crippen LogP contribution in [0, 0.1) is 11.8 Å². The second-order valence-electron chi connectivity index (χ2n) is 4.36. The van der Waals surface area contributed by atoms with Gasteiger partial charge in [0.25, 0.3) is 0 Å². The van der Waals surface area contributed by atoms with Crippen LogP contribution in [0.4, 0.5) is 0 Å². The van der Waals surface area contributed by atoms with Crippen LogP contribution in [0.5, 0.6) is 0 Å². The van der Waals surface area contributed by atoms with Crippen molar-refractivity contribution in [3.8, 4) is 0 Å². The van der Waals surface area contributed by atoms with E-state index < -0.39 is 12.0 Å². The Labute approximate surface area is 84.5 Å². The van der Waals surface area contributed by atoms with Gasteiger partial charge in [-0.2, -0.15) is 0 Å². The number of likely N-dealkylation sites (tertiary alicyclic amines) is 1. The second kappa shape index (κ2) is 4.75. The number of aliphatic hydroxyl groups is 1. The predicted molar refractivity (Wildman–Crippen MR) is 53.0 cm³/mol. The molecular weight excluding hydrogens is 182 g/mol. The first kappa shape index (κ1) is 11.5. The van der Waals surface area contributed by atoms with Gasteiger partial charge >= 0.3 is 5.97 Å². The van der Waals surface area contributed by atoms with Gasteiger partial charge in [-0.05, 0) is 24.8 Å². The van der Waals surface area contributed by atoms with Crippen LogP contribution in [0.3, 0.4) is 0 Å². The van der Waals surface area contributed by atoms with E-state index in [-0.39, 0.29) is 18.4 Å². The van der Waals surface area contributed by atoms with Crippen LogP contribution < -0.4 is 0 Å². The summed E-state index contributed by atoms with van der Waals surface area (Å²) in [5.41, 5.74) is 0. The molecule has 4 nitrogen and oxygen atoms in total. The Hall–Kier alpha value is -0.610. The first-order chi connectivity index (χ1) is 6.56. The van der Waals surface area contributed by atoms with Gasteiger partial charge in [0.2, 0.25) is 0 Å². The van der Waals surface area contributed by atoms with Gasteiger partial charge in [0.1, 0.15) is 6.04 Å². The fourth-order valence-electron chi connectivity index (χ4n) is 2.13. The molecule has 2 unspecified atom stereocenters. The maximum atomic E-state index is 11.0. The number of hydrogen-bond donors (Lipinski definition) is 2. The van der Waals surface area contributed by atoms with Crippen molar-refractivity contribution in [2.45, 2.75) is 26.3 Å². The molecule has 0 bridgehead atoms. The molecule has 0 aromatic heterocycles. The molecule has 0 aliphatic carbocycles. The zero-order valence-electron chi connectivity index (χ0n) is 8.81. The average molecular weight is 201 g/mol. The minimum atomic E-state index is -0.751. The number of carbonyl (C=O) groups is 1. The molecule has 1 aliphatic rings. The third-order valence-electron chi connectivity index (χ3n) is 2.85. The maximum Gasteiger partial charge on any atom is 0.321 e. The van der Waals surface area contributed by atoms with Crippen molar-refractivity contribution in [2.24, 2.45) is 11.8 Å². The lowest BCUT2D eigenvalue weighted by molar-refractivity contribution is -0.144. The monoisotopic (exact) mass is 201 g/mol. The number of aliphatic hydroxyl groups excluding tert-OH is 1. The third-order valence-corrected chi connectivity index (χ3v) is 2.85. The van der Waals surface area contributed by atoms with Gasteiger partial charge in [0, 0.05) is 13.2 Å². The van der Waals surface area contributed by atoms with Crippen molar-refractivity contribution in [1.29, 1.82) is 0 Å². The molecule has 0 spiro atoms. The number of carboxylic acids is 1. The summed E-state index contributed by atoms with van der Waals surface area (Å²) in [6.07, 6.45) is 0.910. The molecule has 1 rings (SSSR count). The van der Waals surface area contributed by atoms with Crippen LogP contribution >= 0.6 is 0 Å². The summed E-state index contributed by atoms with van der Waals surface area (Å²) in [5, 5.41) is 18.0. The van der Waals surface area contributed by atoms with Gasteiger partial charge in [0.05, 0.1) is 0 Å². The summed E-state index contributed by atoms with van der Waals surface area (Å²) < 4.78 is 0. The lowest BCUT2D eigenvalue weighted by atomic mass is 10.0. The number of hydrogen-bond acceptors (Lipinski definition) is 3. The molecule has 1 aliphatic heterocycles. The zero-order valence-corrected chi connectivity index (χ0v) is 8.81. The fraction of sp³-hybridized carbons (Fsp3) is 0.900. The molecule has 2 atom stereocenters. The largest absolute Gasteiger partial charge is 0.480 e. The summed E-state index contributed by atoms with van der Waals surface area (Å²) in [6.45, 7) is 5.52.